The van der Waals surface area contributed by atoms with Crippen molar-refractivity contribution in [2.45, 2.75) is 52.0 Å². The summed E-state index contributed by atoms with van der Waals surface area (Å²) in [5.74, 6) is 2.47. The second-order valence-corrected chi connectivity index (χ2v) is 5.19. The van der Waals surface area contributed by atoms with Crippen molar-refractivity contribution in [2.75, 3.05) is 17.2 Å². The van der Waals surface area contributed by atoms with Gasteiger partial charge in [-0.15, -0.1) is 0 Å². The molecule has 1 fully saturated rings. The molecule has 0 radical (unpaired) electrons. The third-order valence-corrected chi connectivity index (χ3v) is 3.69. The Bertz CT molecular complexity index is 367. The fourth-order valence-electron chi connectivity index (χ4n) is 2.60. The maximum Gasteiger partial charge on any atom is 0.147 e. The highest BCUT2D eigenvalue weighted by Crippen LogP contribution is 2.25. The van der Waals surface area contributed by atoms with Crippen molar-refractivity contribution in [3.8, 4) is 0 Å². The van der Waals surface area contributed by atoms with Crippen LogP contribution in [0.3, 0.4) is 0 Å². The molecule has 2 atom stereocenters. The van der Waals surface area contributed by atoms with Crippen molar-refractivity contribution in [1.29, 1.82) is 0 Å². The molecule has 0 bridgehead atoms. The zero-order chi connectivity index (χ0) is 12.8. The summed E-state index contributed by atoms with van der Waals surface area (Å²) in [7, 11) is 0. The summed E-state index contributed by atoms with van der Waals surface area (Å²) in [4.78, 5) is 8.77. The number of aromatic nitrogens is 2. The van der Waals surface area contributed by atoms with E-state index in [1.54, 1.807) is 6.20 Å². The number of nitrogens with zero attached hydrogens (tertiary/aromatic N) is 2. The van der Waals surface area contributed by atoms with Gasteiger partial charge in [-0.1, -0.05) is 26.2 Å². The molecule has 2 N–H and O–H groups in total. The molecule has 18 heavy (non-hydrogen) atoms. The number of anilines is 2. The largest absolute Gasteiger partial charge is 0.369 e. The van der Waals surface area contributed by atoms with Crippen LogP contribution < -0.4 is 10.6 Å². The van der Waals surface area contributed by atoms with Gasteiger partial charge in [-0.25, -0.2) is 4.98 Å². The lowest BCUT2D eigenvalue weighted by atomic mass is 9.97. The van der Waals surface area contributed by atoms with E-state index in [1.165, 1.54) is 32.1 Å². The average molecular weight is 248 g/mol. The molecule has 100 valence electrons. The molecule has 0 aliphatic heterocycles. The highest BCUT2D eigenvalue weighted by atomic mass is 15.1. The van der Waals surface area contributed by atoms with Gasteiger partial charge in [0.05, 0.1) is 12.4 Å². The Morgan fingerprint density at radius 1 is 1.17 bits per heavy atom. The lowest BCUT2D eigenvalue weighted by molar-refractivity contribution is 0.455. The van der Waals surface area contributed by atoms with Gasteiger partial charge in [-0.2, -0.15) is 0 Å². The van der Waals surface area contributed by atoms with E-state index >= 15 is 0 Å². The SMILES string of the molecule is CCNc1cncc(NC2CCCCCC2C)n1. The third kappa shape index (κ3) is 3.59. The predicted molar refractivity (Wildman–Crippen MR) is 75.9 cm³/mol. The van der Waals surface area contributed by atoms with Crippen LogP contribution in [-0.4, -0.2) is 22.6 Å². The fraction of sp³-hybridized carbons (Fsp3) is 0.714. The normalized spacial score (nSPS) is 24.3. The van der Waals surface area contributed by atoms with E-state index in [0.717, 1.165) is 24.1 Å². The Labute approximate surface area is 110 Å². The number of rotatable bonds is 4. The zero-order valence-electron chi connectivity index (χ0n) is 11.4. The van der Waals surface area contributed by atoms with Gasteiger partial charge in [0.1, 0.15) is 11.6 Å². The van der Waals surface area contributed by atoms with Crippen LogP contribution in [0, 0.1) is 5.92 Å². The first kappa shape index (κ1) is 13.1. The summed E-state index contributed by atoms with van der Waals surface area (Å²) in [5.41, 5.74) is 0. The molecule has 1 aromatic rings. The summed E-state index contributed by atoms with van der Waals surface area (Å²) in [6.45, 7) is 5.28. The Kier molecular flexibility index (Phi) is 4.79. The van der Waals surface area contributed by atoms with E-state index in [0.29, 0.717) is 6.04 Å². The number of nitrogens with one attached hydrogen (secondary N) is 2. The Hall–Kier alpha value is -1.32. The van der Waals surface area contributed by atoms with Gasteiger partial charge in [-0.3, -0.25) is 4.98 Å². The molecular formula is C14H24N4. The number of hydrogen-bond acceptors (Lipinski definition) is 4. The van der Waals surface area contributed by atoms with Gasteiger partial charge in [0.2, 0.25) is 0 Å². The predicted octanol–water partition coefficient (Wildman–Crippen LogP) is 3.29. The monoisotopic (exact) mass is 248 g/mol. The Morgan fingerprint density at radius 3 is 2.78 bits per heavy atom. The van der Waals surface area contributed by atoms with Crippen LogP contribution in [0.2, 0.25) is 0 Å². The molecule has 1 heterocycles. The molecule has 0 saturated heterocycles. The van der Waals surface area contributed by atoms with Gasteiger partial charge in [0.15, 0.2) is 0 Å². The first-order chi connectivity index (χ1) is 8.79. The maximum atomic E-state index is 4.54. The molecule has 1 saturated carbocycles. The van der Waals surface area contributed by atoms with Gasteiger partial charge in [-0.05, 0) is 25.7 Å². The highest BCUT2D eigenvalue weighted by molar-refractivity contribution is 5.42. The smallest absolute Gasteiger partial charge is 0.147 e. The van der Waals surface area contributed by atoms with E-state index in [2.05, 4.69) is 34.4 Å². The molecule has 1 aromatic heterocycles. The minimum atomic E-state index is 0.540. The highest BCUT2D eigenvalue weighted by Gasteiger charge is 2.20. The van der Waals surface area contributed by atoms with Crippen molar-refractivity contribution in [3.63, 3.8) is 0 Å². The summed E-state index contributed by atoms with van der Waals surface area (Å²) in [5, 5.41) is 6.75. The Morgan fingerprint density at radius 2 is 1.94 bits per heavy atom. The van der Waals surface area contributed by atoms with Crippen LogP contribution in [0.25, 0.3) is 0 Å². The van der Waals surface area contributed by atoms with Crippen molar-refractivity contribution in [2.24, 2.45) is 5.92 Å². The van der Waals surface area contributed by atoms with Crippen LogP contribution in [0.15, 0.2) is 12.4 Å². The van der Waals surface area contributed by atoms with Crippen LogP contribution >= 0.6 is 0 Å². The van der Waals surface area contributed by atoms with Gasteiger partial charge >= 0.3 is 0 Å². The first-order valence-corrected chi connectivity index (χ1v) is 7.12. The number of hydrogen-bond donors (Lipinski definition) is 2. The van der Waals surface area contributed by atoms with Gasteiger partial charge in [0, 0.05) is 12.6 Å². The molecule has 4 heteroatoms. The summed E-state index contributed by atoms with van der Waals surface area (Å²) < 4.78 is 0. The summed E-state index contributed by atoms with van der Waals surface area (Å²) in [6, 6.07) is 0.540. The fourth-order valence-corrected chi connectivity index (χ4v) is 2.60. The van der Waals surface area contributed by atoms with Crippen LogP contribution in [-0.2, 0) is 0 Å². The molecule has 1 aliphatic carbocycles. The van der Waals surface area contributed by atoms with Crippen molar-refractivity contribution in [1.82, 2.24) is 9.97 Å². The van der Waals surface area contributed by atoms with E-state index in [4.69, 9.17) is 0 Å². The molecule has 1 aliphatic rings. The molecule has 0 amide bonds. The topological polar surface area (TPSA) is 49.8 Å². The zero-order valence-corrected chi connectivity index (χ0v) is 11.4. The van der Waals surface area contributed by atoms with Crippen molar-refractivity contribution >= 4 is 11.6 Å². The van der Waals surface area contributed by atoms with Crippen molar-refractivity contribution < 1.29 is 0 Å². The van der Waals surface area contributed by atoms with Gasteiger partial charge < -0.3 is 10.6 Å². The van der Waals surface area contributed by atoms with Crippen molar-refractivity contribution in [3.05, 3.63) is 12.4 Å². The molecule has 4 nitrogen and oxygen atoms in total. The molecule has 2 unspecified atom stereocenters. The van der Waals surface area contributed by atoms with E-state index in [1.807, 2.05) is 6.20 Å². The van der Waals surface area contributed by atoms with Crippen LogP contribution in [0.5, 0.6) is 0 Å². The maximum absolute atomic E-state index is 4.54. The standard InChI is InChI=1S/C14H24N4/c1-3-16-13-9-15-10-14(18-13)17-12-8-6-4-5-7-11(12)2/h9-12H,3-8H2,1-2H3,(H2,16,17,18). The summed E-state index contributed by atoms with van der Waals surface area (Å²) in [6.07, 6.45) is 10.2. The molecule has 0 aromatic carbocycles. The first-order valence-electron chi connectivity index (χ1n) is 7.12. The molecule has 0 spiro atoms. The Balaban J connectivity index is 2.00. The lowest BCUT2D eigenvalue weighted by Gasteiger charge is -2.23. The second kappa shape index (κ2) is 6.57. The average Bonchev–Trinajstić information content (AvgIpc) is 2.56. The minimum Gasteiger partial charge on any atom is -0.369 e. The molecular weight excluding hydrogens is 224 g/mol. The second-order valence-electron chi connectivity index (χ2n) is 5.19. The van der Waals surface area contributed by atoms with E-state index in [-0.39, 0.29) is 0 Å². The van der Waals surface area contributed by atoms with E-state index in [9.17, 15) is 0 Å². The lowest BCUT2D eigenvalue weighted by Crippen LogP contribution is -2.26. The van der Waals surface area contributed by atoms with E-state index < -0.39 is 0 Å². The minimum absolute atomic E-state index is 0.540. The van der Waals surface area contributed by atoms with Gasteiger partial charge in [0.25, 0.3) is 0 Å². The molecule has 2 rings (SSSR count). The summed E-state index contributed by atoms with van der Waals surface area (Å²) >= 11 is 0. The van der Waals surface area contributed by atoms with Crippen LogP contribution in [0.1, 0.15) is 46.0 Å². The third-order valence-electron chi connectivity index (χ3n) is 3.69. The quantitative estimate of drug-likeness (QED) is 0.803. The van der Waals surface area contributed by atoms with Crippen LogP contribution in [0.4, 0.5) is 11.6 Å².